The Morgan fingerprint density at radius 3 is 2.39 bits per heavy atom. The summed E-state index contributed by atoms with van der Waals surface area (Å²) < 4.78 is 27.2. The Hall–Kier alpha value is -0.860. The largest absolute Gasteiger partial charge is 0.354 e. The van der Waals surface area contributed by atoms with Crippen LogP contribution in [0.15, 0.2) is 23.1 Å². The Morgan fingerprint density at radius 1 is 1.14 bits per heavy atom. The number of piperidine rings is 1. The third kappa shape index (κ3) is 4.65. The van der Waals surface area contributed by atoms with E-state index < -0.39 is 10.0 Å². The smallest absolute Gasteiger partial charge is 0.246 e. The second-order valence-electron chi connectivity index (χ2n) is 7.40. The Labute approximate surface area is 177 Å². The van der Waals surface area contributed by atoms with Crippen molar-refractivity contribution in [3.63, 3.8) is 0 Å². The molecule has 6 nitrogen and oxygen atoms in total. The van der Waals surface area contributed by atoms with Crippen molar-refractivity contribution in [2.24, 2.45) is 5.92 Å². The van der Waals surface area contributed by atoms with Crippen molar-refractivity contribution in [3.05, 3.63) is 28.2 Å². The fourth-order valence-corrected chi connectivity index (χ4v) is 6.68. The van der Waals surface area contributed by atoms with E-state index in [0.29, 0.717) is 25.4 Å². The normalized spacial score (nSPS) is 22.5. The van der Waals surface area contributed by atoms with E-state index >= 15 is 0 Å². The van der Waals surface area contributed by atoms with E-state index in [4.69, 9.17) is 23.2 Å². The summed E-state index contributed by atoms with van der Waals surface area (Å²) in [5.41, 5.74) is 0. The highest BCUT2D eigenvalue weighted by Crippen LogP contribution is 2.33. The number of halogens is 2. The van der Waals surface area contributed by atoms with Crippen LogP contribution in [0.3, 0.4) is 0 Å². The molecule has 1 aromatic carbocycles. The van der Waals surface area contributed by atoms with Gasteiger partial charge < -0.3 is 5.32 Å². The first kappa shape index (κ1) is 21.8. The predicted molar refractivity (Wildman–Crippen MR) is 111 cm³/mol. The zero-order valence-corrected chi connectivity index (χ0v) is 18.4. The maximum absolute atomic E-state index is 12.9. The number of hydrogen-bond donors (Lipinski definition) is 1. The quantitative estimate of drug-likeness (QED) is 0.727. The van der Waals surface area contributed by atoms with Crippen LogP contribution in [0, 0.1) is 5.92 Å². The molecule has 2 fully saturated rings. The molecule has 2 aliphatic heterocycles. The molecule has 1 amide bonds. The highest BCUT2D eigenvalue weighted by Gasteiger charge is 2.34. The number of carbonyl (C=O) groups excluding carboxylic acids is 1. The minimum Gasteiger partial charge on any atom is -0.354 e. The lowest BCUT2D eigenvalue weighted by Crippen LogP contribution is -2.46. The van der Waals surface area contributed by atoms with Crippen LogP contribution in [0.5, 0.6) is 0 Å². The molecule has 2 aliphatic rings. The maximum atomic E-state index is 12.9. The maximum Gasteiger partial charge on any atom is 0.246 e. The van der Waals surface area contributed by atoms with Gasteiger partial charge in [-0.05, 0) is 50.9 Å². The number of likely N-dealkylation sites (tertiary alicyclic amines) is 1. The van der Waals surface area contributed by atoms with E-state index in [1.54, 1.807) is 6.07 Å². The number of nitrogens with one attached hydrogen (secondary N) is 1. The van der Waals surface area contributed by atoms with Crippen LogP contribution in [-0.2, 0) is 14.8 Å². The molecule has 1 aromatic rings. The van der Waals surface area contributed by atoms with Gasteiger partial charge in [-0.2, -0.15) is 4.31 Å². The number of amides is 1. The minimum absolute atomic E-state index is 0.0239. The molecule has 1 unspecified atom stereocenters. The Morgan fingerprint density at radius 2 is 1.79 bits per heavy atom. The number of nitrogens with zero attached hydrogens (tertiary/aromatic N) is 2. The van der Waals surface area contributed by atoms with Crippen LogP contribution in [0.1, 0.15) is 32.6 Å². The number of sulfonamides is 1. The van der Waals surface area contributed by atoms with E-state index in [1.807, 2.05) is 0 Å². The van der Waals surface area contributed by atoms with Crippen molar-refractivity contribution >= 4 is 39.1 Å². The van der Waals surface area contributed by atoms with Gasteiger partial charge in [0.2, 0.25) is 15.9 Å². The van der Waals surface area contributed by atoms with E-state index in [2.05, 4.69) is 17.1 Å². The summed E-state index contributed by atoms with van der Waals surface area (Å²) in [6, 6.07) is 5.06. The summed E-state index contributed by atoms with van der Waals surface area (Å²) >= 11 is 12.2. The molecule has 156 valence electrons. The third-order valence-electron chi connectivity index (χ3n) is 5.76. The average molecular weight is 448 g/mol. The monoisotopic (exact) mass is 447 g/mol. The van der Waals surface area contributed by atoms with Crippen molar-refractivity contribution in [2.45, 2.75) is 43.5 Å². The fraction of sp³-hybridized carbons (Fsp3) is 0.632. The van der Waals surface area contributed by atoms with Crippen LogP contribution >= 0.6 is 23.2 Å². The van der Waals surface area contributed by atoms with Crippen LogP contribution in [0.2, 0.25) is 10.0 Å². The summed E-state index contributed by atoms with van der Waals surface area (Å²) in [6.07, 6.45) is 3.28. The topological polar surface area (TPSA) is 69.7 Å². The lowest BCUT2D eigenvalue weighted by Gasteiger charge is -2.31. The molecule has 0 spiro atoms. The summed E-state index contributed by atoms with van der Waals surface area (Å²) in [6.45, 7) is 5.47. The second-order valence-corrected chi connectivity index (χ2v) is 10.1. The molecule has 0 bridgehead atoms. The SMILES string of the molecule is CCN1CCCC1CNC(=O)C1CCN(S(=O)(=O)c2c(Cl)cccc2Cl)CC1. The van der Waals surface area contributed by atoms with Crippen LogP contribution in [-0.4, -0.2) is 62.3 Å². The second kappa shape index (κ2) is 9.30. The molecular weight excluding hydrogens is 421 g/mol. The lowest BCUT2D eigenvalue weighted by molar-refractivity contribution is -0.126. The van der Waals surface area contributed by atoms with E-state index in [9.17, 15) is 13.2 Å². The Kier molecular flexibility index (Phi) is 7.26. The van der Waals surface area contributed by atoms with Gasteiger partial charge in [-0.1, -0.05) is 36.2 Å². The molecule has 2 heterocycles. The Balaban J connectivity index is 1.56. The first-order valence-electron chi connectivity index (χ1n) is 9.80. The van der Waals surface area contributed by atoms with E-state index in [1.165, 1.54) is 22.9 Å². The molecule has 2 saturated heterocycles. The Bertz CT molecular complexity index is 790. The highest BCUT2D eigenvalue weighted by atomic mass is 35.5. The molecule has 28 heavy (non-hydrogen) atoms. The van der Waals surface area contributed by atoms with Gasteiger partial charge in [-0.3, -0.25) is 9.69 Å². The fourth-order valence-electron chi connectivity index (χ4n) is 4.12. The molecule has 0 saturated carbocycles. The van der Waals surface area contributed by atoms with E-state index in [-0.39, 0.29) is 39.9 Å². The zero-order valence-electron chi connectivity index (χ0n) is 16.0. The number of rotatable bonds is 6. The molecule has 0 radical (unpaired) electrons. The van der Waals surface area contributed by atoms with Crippen molar-refractivity contribution in [1.29, 1.82) is 0 Å². The highest BCUT2D eigenvalue weighted by molar-refractivity contribution is 7.89. The number of likely N-dealkylation sites (N-methyl/N-ethyl adjacent to an activating group) is 1. The van der Waals surface area contributed by atoms with Gasteiger partial charge in [0.1, 0.15) is 4.90 Å². The lowest BCUT2D eigenvalue weighted by atomic mass is 9.97. The van der Waals surface area contributed by atoms with Crippen LogP contribution in [0.4, 0.5) is 0 Å². The summed E-state index contributed by atoms with van der Waals surface area (Å²) in [4.78, 5) is 14.9. The van der Waals surface area contributed by atoms with Crippen molar-refractivity contribution in [1.82, 2.24) is 14.5 Å². The molecule has 0 aromatic heterocycles. The third-order valence-corrected chi connectivity index (χ3v) is 8.61. The van der Waals surface area contributed by atoms with Gasteiger partial charge in [0.25, 0.3) is 0 Å². The molecule has 1 atom stereocenters. The van der Waals surface area contributed by atoms with Gasteiger partial charge >= 0.3 is 0 Å². The van der Waals surface area contributed by atoms with Gasteiger partial charge in [-0.15, -0.1) is 0 Å². The first-order chi connectivity index (χ1) is 13.3. The summed E-state index contributed by atoms with van der Waals surface area (Å²) in [5, 5.41) is 3.30. The van der Waals surface area contributed by atoms with Crippen molar-refractivity contribution in [3.8, 4) is 0 Å². The summed E-state index contributed by atoms with van der Waals surface area (Å²) in [7, 11) is -3.78. The van der Waals surface area contributed by atoms with Gasteiger partial charge in [0.05, 0.1) is 10.0 Å². The minimum atomic E-state index is -3.78. The first-order valence-corrected chi connectivity index (χ1v) is 12.0. The van der Waals surface area contributed by atoms with Gasteiger partial charge in [0, 0.05) is 31.6 Å². The molecule has 9 heteroatoms. The molecule has 0 aliphatic carbocycles. The number of hydrogen-bond acceptors (Lipinski definition) is 4. The van der Waals surface area contributed by atoms with E-state index in [0.717, 1.165) is 19.5 Å². The number of benzene rings is 1. The number of carbonyl (C=O) groups is 1. The standard InChI is InChI=1S/C19H27Cl2N3O3S/c1-2-23-10-4-5-15(23)13-22-19(25)14-8-11-24(12-9-14)28(26,27)18-16(20)6-3-7-17(18)21/h3,6-7,14-15H,2,4-5,8-13H2,1H3,(H,22,25). The molecule has 3 rings (SSSR count). The molecule has 1 N–H and O–H groups in total. The van der Waals surface area contributed by atoms with Crippen LogP contribution in [0.25, 0.3) is 0 Å². The van der Waals surface area contributed by atoms with Crippen LogP contribution < -0.4 is 5.32 Å². The summed E-state index contributed by atoms with van der Waals surface area (Å²) in [5.74, 6) is -0.138. The van der Waals surface area contributed by atoms with Gasteiger partial charge in [0.15, 0.2) is 0 Å². The van der Waals surface area contributed by atoms with Gasteiger partial charge in [-0.25, -0.2) is 8.42 Å². The predicted octanol–water partition coefficient (Wildman–Crippen LogP) is 2.99. The molecular formula is C19H27Cl2N3O3S. The van der Waals surface area contributed by atoms with Crippen molar-refractivity contribution < 1.29 is 13.2 Å². The average Bonchev–Trinajstić information content (AvgIpc) is 3.13. The zero-order chi connectivity index (χ0) is 20.3. The van der Waals surface area contributed by atoms with Crippen molar-refractivity contribution in [2.75, 3.05) is 32.7 Å².